The van der Waals surface area contributed by atoms with Crippen molar-refractivity contribution in [1.29, 1.82) is 0 Å². The minimum absolute atomic E-state index is 0.0185. The van der Waals surface area contributed by atoms with Gasteiger partial charge >= 0.3 is 5.97 Å². The van der Waals surface area contributed by atoms with E-state index in [4.69, 9.17) is 5.11 Å². The summed E-state index contributed by atoms with van der Waals surface area (Å²) < 4.78 is 23.9. The van der Waals surface area contributed by atoms with Crippen LogP contribution in [0.3, 0.4) is 0 Å². The topological polar surface area (TPSA) is 71.4 Å². The van der Waals surface area contributed by atoms with E-state index in [1.165, 1.54) is 12.1 Å². The van der Waals surface area contributed by atoms with E-state index < -0.39 is 15.8 Å². The van der Waals surface area contributed by atoms with Gasteiger partial charge in [0.2, 0.25) is 0 Å². The molecule has 1 aliphatic heterocycles. The van der Waals surface area contributed by atoms with Crippen molar-refractivity contribution in [2.45, 2.75) is 30.6 Å². The molecule has 1 aromatic rings. The molecular formula is C12H14O4S. The normalized spacial score (nSPS) is 20.6. The van der Waals surface area contributed by atoms with Gasteiger partial charge in [0.25, 0.3) is 0 Å². The van der Waals surface area contributed by atoms with Gasteiger partial charge in [0, 0.05) is 0 Å². The summed E-state index contributed by atoms with van der Waals surface area (Å²) in [5, 5.41) is 8.89. The summed E-state index contributed by atoms with van der Waals surface area (Å²) in [5.74, 6) is -1.03. The Labute approximate surface area is 100 Å². The largest absolute Gasteiger partial charge is 0.478 e. The van der Waals surface area contributed by atoms with Crippen molar-refractivity contribution < 1.29 is 18.3 Å². The Balaban J connectivity index is 2.73. The van der Waals surface area contributed by atoms with E-state index in [2.05, 4.69) is 0 Å². The van der Waals surface area contributed by atoms with Crippen molar-refractivity contribution in [2.24, 2.45) is 0 Å². The summed E-state index contributed by atoms with van der Waals surface area (Å²) in [4.78, 5) is 11.0. The van der Waals surface area contributed by atoms with E-state index >= 15 is 0 Å². The summed E-state index contributed by atoms with van der Waals surface area (Å²) in [6, 6.07) is 4.35. The van der Waals surface area contributed by atoms with Crippen molar-refractivity contribution in [1.82, 2.24) is 0 Å². The predicted molar refractivity (Wildman–Crippen MR) is 63.1 cm³/mol. The van der Waals surface area contributed by atoms with Crippen molar-refractivity contribution in [3.8, 4) is 0 Å². The van der Waals surface area contributed by atoms with Gasteiger partial charge in [-0.2, -0.15) is 0 Å². The first-order chi connectivity index (χ1) is 7.74. The lowest BCUT2D eigenvalue weighted by atomic mass is 9.81. The highest BCUT2D eigenvalue weighted by Gasteiger charge is 2.35. The maximum Gasteiger partial charge on any atom is 0.335 e. The SMILES string of the molecule is CC1(C)CCS(=O)(=O)c2cc(C(=O)O)ccc21. The van der Waals surface area contributed by atoms with Crippen LogP contribution < -0.4 is 0 Å². The molecule has 0 radical (unpaired) electrons. The minimum atomic E-state index is -3.33. The average molecular weight is 254 g/mol. The summed E-state index contributed by atoms with van der Waals surface area (Å²) in [6.07, 6.45) is 0.564. The highest BCUT2D eigenvalue weighted by atomic mass is 32.2. The standard InChI is InChI=1S/C12H14O4S/c1-12(2)5-6-17(15,16)10-7-8(11(13)14)3-4-9(10)12/h3-4,7H,5-6H2,1-2H3,(H,13,14). The molecule has 0 spiro atoms. The zero-order valence-corrected chi connectivity index (χ0v) is 10.5. The van der Waals surface area contributed by atoms with E-state index in [0.717, 1.165) is 0 Å². The lowest BCUT2D eigenvalue weighted by molar-refractivity contribution is 0.0696. The fourth-order valence-corrected chi connectivity index (χ4v) is 4.09. The minimum Gasteiger partial charge on any atom is -0.478 e. The molecule has 1 N–H and O–H groups in total. The number of benzene rings is 1. The lowest BCUT2D eigenvalue weighted by Gasteiger charge is -2.32. The number of hydrogen-bond acceptors (Lipinski definition) is 3. The molecule has 0 aliphatic carbocycles. The second-order valence-electron chi connectivity index (χ2n) is 4.97. The molecule has 0 saturated heterocycles. The molecule has 0 unspecified atom stereocenters. The lowest BCUT2D eigenvalue weighted by Crippen LogP contribution is -2.30. The molecule has 0 aromatic heterocycles. The molecule has 0 atom stereocenters. The van der Waals surface area contributed by atoms with Gasteiger partial charge in [-0.3, -0.25) is 0 Å². The number of carboxylic acids is 1. The zero-order chi connectivity index (χ0) is 12.8. The summed E-state index contributed by atoms with van der Waals surface area (Å²) in [6.45, 7) is 3.95. The van der Waals surface area contributed by atoms with E-state index in [9.17, 15) is 13.2 Å². The van der Waals surface area contributed by atoms with Crippen LogP contribution in [-0.4, -0.2) is 25.2 Å². The number of aromatic carboxylic acids is 1. The molecular weight excluding hydrogens is 240 g/mol. The number of carboxylic acid groups (broad SMARTS) is 1. The van der Waals surface area contributed by atoms with Gasteiger partial charge < -0.3 is 5.11 Å². The summed E-state index contributed by atoms with van der Waals surface area (Å²) >= 11 is 0. The van der Waals surface area contributed by atoms with Gasteiger partial charge in [-0.25, -0.2) is 13.2 Å². The van der Waals surface area contributed by atoms with Crippen LogP contribution in [0.5, 0.6) is 0 Å². The van der Waals surface area contributed by atoms with Gasteiger partial charge in [0.15, 0.2) is 9.84 Å². The van der Waals surface area contributed by atoms with E-state index in [1.807, 2.05) is 13.8 Å². The molecule has 17 heavy (non-hydrogen) atoms. The van der Waals surface area contributed by atoms with Crippen LogP contribution in [0.2, 0.25) is 0 Å². The van der Waals surface area contributed by atoms with Crippen LogP contribution in [0.4, 0.5) is 0 Å². The van der Waals surface area contributed by atoms with Crippen LogP contribution in [-0.2, 0) is 15.3 Å². The molecule has 1 aliphatic rings. The Morgan fingerprint density at radius 3 is 2.59 bits per heavy atom. The van der Waals surface area contributed by atoms with Crippen molar-refractivity contribution >= 4 is 15.8 Å². The first-order valence-corrected chi connectivity index (χ1v) is 7.00. The Kier molecular flexibility index (Phi) is 2.54. The number of rotatable bonds is 1. The zero-order valence-electron chi connectivity index (χ0n) is 9.73. The van der Waals surface area contributed by atoms with E-state index in [0.29, 0.717) is 12.0 Å². The molecule has 2 rings (SSSR count). The van der Waals surface area contributed by atoms with E-state index in [1.54, 1.807) is 6.07 Å². The average Bonchev–Trinajstić information content (AvgIpc) is 2.24. The molecule has 0 fully saturated rings. The number of hydrogen-bond donors (Lipinski definition) is 1. The maximum atomic E-state index is 11.9. The van der Waals surface area contributed by atoms with Crippen LogP contribution in [0, 0.1) is 0 Å². The smallest absolute Gasteiger partial charge is 0.335 e. The predicted octanol–water partition coefficient (Wildman–Crippen LogP) is 1.84. The van der Waals surface area contributed by atoms with Crippen LogP contribution in [0.15, 0.2) is 23.1 Å². The van der Waals surface area contributed by atoms with Crippen molar-refractivity contribution in [3.05, 3.63) is 29.3 Å². The fraction of sp³-hybridized carbons (Fsp3) is 0.417. The Morgan fingerprint density at radius 1 is 1.35 bits per heavy atom. The van der Waals surface area contributed by atoms with Crippen molar-refractivity contribution in [2.75, 3.05) is 5.75 Å². The third-order valence-electron chi connectivity index (χ3n) is 3.29. The first kappa shape index (κ1) is 12.1. The fourth-order valence-electron chi connectivity index (χ4n) is 2.11. The molecule has 0 amide bonds. The van der Waals surface area contributed by atoms with Gasteiger partial charge in [-0.15, -0.1) is 0 Å². The molecule has 5 heteroatoms. The Bertz CT molecular complexity index is 585. The molecule has 1 heterocycles. The number of carbonyl (C=O) groups is 1. The number of fused-ring (bicyclic) bond motifs is 1. The van der Waals surface area contributed by atoms with Gasteiger partial charge in [0.1, 0.15) is 0 Å². The molecule has 0 bridgehead atoms. The summed E-state index contributed by atoms with van der Waals surface area (Å²) in [5.41, 5.74) is 0.510. The highest BCUT2D eigenvalue weighted by Crippen LogP contribution is 2.38. The molecule has 1 aromatic carbocycles. The molecule has 0 saturated carbocycles. The quantitative estimate of drug-likeness (QED) is 0.830. The first-order valence-electron chi connectivity index (χ1n) is 5.35. The van der Waals surface area contributed by atoms with Crippen LogP contribution >= 0.6 is 0 Å². The van der Waals surface area contributed by atoms with Gasteiger partial charge in [-0.05, 0) is 29.5 Å². The third-order valence-corrected chi connectivity index (χ3v) is 5.04. The number of sulfone groups is 1. The monoisotopic (exact) mass is 254 g/mol. The van der Waals surface area contributed by atoms with E-state index in [-0.39, 0.29) is 21.6 Å². The van der Waals surface area contributed by atoms with Gasteiger partial charge in [0.05, 0.1) is 16.2 Å². The molecule has 4 nitrogen and oxygen atoms in total. The van der Waals surface area contributed by atoms with Crippen molar-refractivity contribution in [3.63, 3.8) is 0 Å². The van der Waals surface area contributed by atoms with Gasteiger partial charge in [-0.1, -0.05) is 19.9 Å². The Morgan fingerprint density at radius 2 is 2.00 bits per heavy atom. The third kappa shape index (κ3) is 1.95. The van der Waals surface area contributed by atoms with Crippen LogP contribution in [0.25, 0.3) is 0 Å². The summed E-state index contributed by atoms with van der Waals surface area (Å²) in [7, 11) is -3.33. The highest BCUT2D eigenvalue weighted by molar-refractivity contribution is 7.91. The second kappa shape index (κ2) is 3.57. The Hall–Kier alpha value is -1.36. The van der Waals surface area contributed by atoms with Crippen LogP contribution in [0.1, 0.15) is 36.2 Å². The second-order valence-corrected chi connectivity index (χ2v) is 7.05. The maximum absolute atomic E-state index is 11.9. The molecule has 92 valence electrons.